The van der Waals surface area contributed by atoms with E-state index in [0.717, 1.165) is 31.2 Å². The first kappa shape index (κ1) is 15.8. The average Bonchev–Trinajstić information content (AvgIpc) is 3.23. The molecule has 1 aliphatic carbocycles. The van der Waals surface area contributed by atoms with Crippen molar-refractivity contribution in [3.8, 4) is 0 Å². The minimum atomic E-state index is -3.51. The first-order chi connectivity index (χ1) is 9.50. The molecule has 2 rings (SSSR count). The molecule has 0 heterocycles. The van der Waals surface area contributed by atoms with Crippen molar-refractivity contribution < 1.29 is 8.42 Å². The summed E-state index contributed by atoms with van der Waals surface area (Å²) >= 11 is 6.13. The number of hydrogen-bond acceptors (Lipinski definition) is 3. The number of nitrogens with zero attached hydrogens (tertiary/aromatic N) is 1. The second-order valence-electron chi connectivity index (χ2n) is 5.17. The summed E-state index contributed by atoms with van der Waals surface area (Å²) in [6, 6.07) is 5.08. The van der Waals surface area contributed by atoms with Crippen LogP contribution in [0.5, 0.6) is 0 Å². The van der Waals surface area contributed by atoms with Crippen molar-refractivity contribution in [1.82, 2.24) is 4.31 Å². The zero-order valence-electron chi connectivity index (χ0n) is 11.7. The van der Waals surface area contributed by atoms with Crippen LogP contribution in [0.4, 0.5) is 0 Å². The van der Waals surface area contributed by atoms with E-state index < -0.39 is 10.0 Å². The van der Waals surface area contributed by atoms with Crippen molar-refractivity contribution in [2.75, 3.05) is 6.54 Å². The largest absolute Gasteiger partial charge is 0.326 e. The summed E-state index contributed by atoms with van der Waals surface area (Å²) in [5.41, 5.74) is 6.38. The van der Waals surface area contributed by atoms with Gasteiger partial charge in [-0.3, -0.25) is 0 Å². The third kappa shape index (κ3) is 3.34. The van der Waals surface area contributed by atoms with Gasteiger partial charge in [0.15, 0.2) is 0 Å². The van der Waals surface area contributed by atoms with Gasteiger partial charge < -0.3 is 5.73 Å². The Labute approximate surface area is 126 Å². The second kappa shape index (κ2) is 6.43. The summed E-state index contributed by atoms with van der Waals surface area (Å²) < 4.78 is 27.1. The van der Waals surface area contributed by atoms with Crippen LogP contribution in [0.25, 0.3) is 0 Å². The predicted molar refractivity (Wildman–Crippen MR) is 81.2 cm³/mol. The van der Waals surface area contributed by atoms with E-state index in [-0.39, 0.29) is 16.0 Å². The zero-order chi connectivity index (χ0) is 14.8. The van der Waals surface area contributed by atoms with Gasteiger partial charge in [-0.15, -0.1) is 0 Å². The number of benzene rings is 1. The Morgan fingerprint density at radius 1 is 1.40 bits per heavy atom. The minimum Gasteiger partial charge on any atom is -0.326 e. The molecule has 1 fully saturated rings. The van der Waals surface area contributed by atoms with E-state index in [2.05, 4.69) is 6.92 Å². The summed E-state index contributed by atoms with van der Waals surface area (Å²) in [7, 11) is -3.51. The number of halogens is 1. The van der Waals surface area contributed by atoms with Gasteiger partial charge >= 0.3 is 0 Å². The van der Waals surface area contributed by atoms with Crippen LogP contribution >= 0.6 is 11.6 Å². The third-order valence-electron chi connectivity index (χ3n) is 3.50. The van der Waals surface area contributed by atoms with Crippen molar-refractivity contribution >= 4 is 21.6 Å². The number of rotatable bonds is 7. The van der Waals surface area contributed by atoms with Crippen LogP contribution in [0, 0.1) is 0 Å². The number of nitrogens with two attached hydrogens (primary N) is 1. The smallest absolute Gasteiger partial charge is 0.244 e. The summed E-state index contributed by atoms with van der Waals surface area (Å²) in [5, 5.41) is 0.259. The molecule has 0 aliphatic heterocycles. The highest BCUT2D eigenvalue weighted by Gasteiger charge is 2.38. The molecule has 0 unspecified atom stereocenters. The van der Waals surface area contributed by atoms with Crippen molar-refractivity contribution in [3.05, 3.63) is 28.8 Å². The van der Waals surface area contributed by atoms with Gasteiger partial charge in [0.2, 0.25) is 10.0 Å². The van der Waals surface area contributed by atoms with E-state index in [1.165, 1.54) is 0 Å². The summed E-state index contributed by atoms with van der Waals surface area (Å²) in [5.74, 6) is 0. The maximum absolute atomic E-state index is 12.8. The molecule has 112 valence electrons. The van der Waals surface area contributed by atoms with Crippen LogP contribution < -0.4 is 5.73 Å². The Bertz CT molecular complexity index is 571. The van der Waals surface area contributed by atoms with E-state index in [1.54, 1.807) is 22.5 Å². The molecule has 1 aromatic rings. The normalized spacial score (nSPS) is 15.8. The lowest BCUT2D eigenvalue weighted by Crippen LogP contribution is -2.34. The van der Waals surface area contributed by atoms with E-state index in [0.29, 0.717) is 13.1 Å². The first-order valence-corrected chi connectivity index (χ1v) is 8.82. The number of hydrogen-bond donors (Lipinski definition) is 1. The predicted octanol–water partition coefficient (Wildman–Crippen LogP) is 2.75. The van der Waals surface area contributed by atoms with E-state index >= 15 is 0 Å². The average molecular weight is 317 g/mol. The van der Waals surface area contributed by atoms with Crippen molar-refractivity contribution in [1.29, 1.82) is 0 Å². The molecule has 0 atom stereocenters. The van der Waals surface area contributed by atoms with Crippen LogP contribution in [0.15, 0.2) is 23.1 Å². The molecule has 6 heteroatoms. The molecule has 20 heavy (non-hydrogen) atoms. The fraction of sp³-hybridized carbons (Fsp3) is 0.571. The van der Waals surface area contributed by atoms with Gasteiger partial charge in [-0.1, -0.05) is 31.0 Å². The van der Waals surface area contributed by atoms with Gasteiger partial charge in [0.25, 0.3) is 0 Å². The highest BCUT2D eigenvalue weighted by atomic mass is 35.5. The fourth-order valence-electron chi connectivity index (χ4n) is 2.18. The zero-order valence-corrected chi connectivity index (χ0v) is 13.3. The molecule has 1 aromatic carbocycles. The Balaban J connectivity index is 2.32. The molecule has 0 amide bonds. The highest BCUT2D eigenvalue weighted by Crippen LogP contribution is 2.34. The summed E-state index contributed by atoms with van der Waals surface area (Å²) in [6.07, 6.45) is 3.73. The van der Waals surface area contributed by atoms with E-state index in [1.807, 2.05) is 0 Å². The first-order valence-electron chi connectivity index (χ1n) is 7.01. The van der Waals surface area contributed by atoms with Crippen molar-refractivity contribution in [2.24, 2.45) is 5.73 Å². The summed E-state index contributed by atoms with van der Waals surface area (Å²) in [6.45, 7) is 2.97. The molecule has 4 nitrogen and oxygen atoms in total. The fourth-order valence-corrected chi connectivity index (χ4v) is 4.45. The third-order valence-corrected chi connectivity index (χ3v) is 5.94. The molecule has 0 bridgehead atoms. The Morgan fingerprint density at radius 2 is 2.10 bits per heavy atom. The van der Waals surface area contributed by atoms with Gasteiger partial charge in [0, 0.05) is 19.1 Å². The highest BCUT2D eigenvalue weighted by molar-refractivity contribution is 7.89. The topological polar surface area (TPSA) is 63.4 Å². The Kier molecular flexibility index (Phi) is 5.07. The number of unbranched alkanes of at least 4 members (excludes halogenated alkanes) is 1. The van der Waals surface area contributed by atoms with Gasteiger partial charge in [0.1, 0.15) is 4.90 Å². The van der Waals surface area contributed by atoms with Gasteiger partial charge in [-0.05, 0) is 37.0 Å². The van der Waals surface area contributed by atoms with Crippen molar-refractivity contribution in [2.45, 2.75) is 50.1 Å². The maximum atomic E-state index is 12.8. The molecule has 0 spiro atoms. The standard InChI is InChI=1S/C14H21ClN2O2S/c1-2-3-8-17(12-5-6-12)20(18,19)14-7-4-11(10-16)9-13(14)15/h4,7,9,12H,2-3,5-6,8,10,16H2,1H3. The molecule has 0 saturated heterocycles. The molecular formula is C14H21ClN2O2S. The van der Waals surface area contributed by atoms with Crippen LogP contribution in [-0.4, -0.2) is 25.3 Å². The molecule has 0 radical (unpaired) electrons. The lowest BCUT2D eigenvalue weighted by Gasteiger charge is -2.22. The lowest BCUT2D eigenvalue weighted by atomic mass is 10.2. The van der Waals surface area contributed by atoms with Crippen LogP contribution in [0.2, 0.25) is 5.02 Å². The van der Waals surface area contributed by atoms with E-state index in [9.17, 15) is 8.42 Å². The molecular weight excluding hydrogens is 296 g/mol. The molecule has 2 N–H and O–H groups in total. The summed E-state index contributed by atoms with van der Waals surface area (Å²) in [4.78, 5) is 0.194. The second-order valence-corrected chi connectivity index (χ2v) is 7.44. The molecule has 1 aliphatic rings. The molecule has 1 saturated carbocycles. The van der Waals surface area contributed by atoms with Gasteiger partial charge in [-0.25, -0.2) is 8.42 Å². The van der Waals surface area contributed by atoms with Gasteiger partial charge in [-0.2, -0.15) is 4.31 Å². The SMILES string of the molecule is CCCCN(C1CC1)S(=O)(=O)c1ccc(CN)cc1Cl. The maximum Gasteiger partial charge on any atom is 0.244 e. The Morgan fingerprint density at radius 3 is 2.60 bits per heavy atom. The van der Waals surface area contributed by atoms with Crippen LogP contribution in [-0.2, 0) is 16.6 Å². The van der Waals surface area contributed by atoms with Crippen LogP contribution in [0.1, 0.15) is 38.2 Å². The minimum absolute atomic E-state index is 0.150. The molecule has 0 aromatic heterocycles. The monoisotopic (exact) mass is 316 g/mol. The lowest BCUT2D eigenvalue weighted by molar-refractivity contribution is 0.396. The van der Waals surface area contributed by atoms with Gasteiger partial charge in [0.05, 0.1) is 5.02 Å². The van der Waals surface area contributed by atoms with Crippen LogP contribution in [0.3, 0.4) is 0 Å². The Hall–Kier alpha value is -0.620. The quantitative estimate of drug-likeness (QED) is 0.841. The number of sulfonamides is 1. The van der Waals surface area contributed by atoms with E-state index in [4.69, 9.17) is 17.3 Å². The van der Waals surface area contributed by atoms with Crippen molar-refractivity contribution in [3.63, 3.8) is 0 Å².